The number of rotatable bonds is 3. The Bertz CT molecular complexity index is 676. The van der Waals surface area contributed by atoms with Crippen molar-refractivity contribution in [2.75, 3.05) is 0 Å². The van der Waals surface area contributed by atoms with Gasteiger partial charge in [-0.3, -0.25) is 9.36 Å². The van der Waals surface area contributed by atoms with E-state index in [1.54, 1.807) is 4.57 Å². The molecule has 1 aliphatic carbocycles. The van der Waals surface area contributed by atoms with Gasteiger partial charge in [0.25, 0.3) is 5.56 Å². The van der Waals surface area contributed by atoms with Crippen molar-refractivity contribution in [1.29, 1.82) is 0 Å². The van der Waals surface area contributed by atoms with Crippen LogP contribution in [0.25, 0.3) is 10.2 Å². The van der Waals surface area contributed by atoms with E-state index in [1.807, 2.05) is 11.4 Å². The number of aromatic nitrogens is 2. The van der Waals surface area contributed by atoms with Crippen LogP contribution in [0.3, 0.4) is 0 Å². The number of nitrogens with one attached hydrogen (secondary N) is 1. The Balaban J connectivity index is 2.15. The minimum absolute atomic E-state index is 0.0680. The highest BCUT2D eigenvalue weighted by molar-refractivity contribution is 7.71. The lowest BCUT2D eigenvalue weighted by molar-refractivity contribution is 0.398. The topological polar surface area (TPSA) is 37.8 Å². The summed E-state index contributed by atoms with van der Waals surface area (Å²) < 4.78 is 3.08. The van der Waals surface area contributed by atoms with Crippen LogP contribution in [-0.2, 0) is 6.54 Å². The summed E-state index contributed by atoms with van der Waals surface area (Å²) in [5.41, 5.74) is 1.26. The van der Waals surface area contributed by atoms with Gasteiger partial charge in [0, 0.05) is 6.54 Å². The van der Waals surface area contributed by atoms with Crippen LogP contribution in [0.5, 0.6) is 0 Å². The van der Waals surface area contributed by atoms with Crippen LogP contribution in [0.1, 0.15) is 26.2 Å². The Morgan fingerprint density at radius 1 is 1.59 bits per heavy atom. The Hall–Kier alpha value is -0.940. The summed E-state index contributed by atoms with van der Waals surface area (Å²) in [6.45, 7) is 2.96. The fourth-order valence-electron chi connectivity index (χ4n) is 2.25. The van der Waals surface area contributed by atoms with Gasteiger partial charge in [-0.2, -0.15) is 0 Å². The molecule has 5 heteroatoms. The molecule has 1 aliphatic rings. The van der Waals surface area contributed by atoms with Crippen molar-refractivity contribution in [3.8, 4) is 0 Å². The van der Waals surface area contributed by atoms with Crippen molar-refractivity contribution in [2.24, 2.45) is 5.41 Å². The normalized spacial score (nSPS) is 17.5. The number of H-pyrrole nitrogens is 1. The number of aromatic amines is 1. The fraction of sp³-hybridized carbons (Fsp3) is 0.500. The molecule has 0 saturated heterocycles. The molecule has 3 nitrogen and oxygen atoms in total. The molecule has 0 radical (unpaired) electrons. The average Bonchev–Trinajstić information content (AvgIpc) is 2.95. The van der Waals surface area contributed by atoms with Gasteiger partial charge in [0.1, 0.15) is 4.70 Å². The first-order valence-electron chi connectivity index (χ1n) is 5.85. The van der Waals surface area contributed by atoms with Crippen molar-refractivity contribution in [3.63, 3.8) is 0 Å². The average molecular weight is 266 g/mol. The quantitative estimate of drug-likeness (QED) is 0.865. The van der Waals surface area contributed by atoms with Gasteiger partial charge in [0.05, 0.1) is 5.52 Å². The third kappa shape index (κ3) is 1.77. The number of nitrogens with zero attached hydrogens (tertiary/aromatic N) is 1. The maximum atomic E-state index is 12.3. The maximum absolute atomic E-state index is 12.3. The van der Waals surface area contributed by atoms with E-state index in [0.717, 1.165) is 23.2 Å². The molecule has 0 amide bonds. The van der Waals surface area contributed by atoms with Crippen molar-refractivity contribution >= 4 is 33.8 Å². The van der Waals surface area contributed by atoms with Gasteiger partial charge in [-0.25, -0.2) is 0 Å². The number of fused-ring (bicyclic) bond motifs is 1. The van der Waals surface area contributed by atoms with E-state index in [-0.39, 0.29) is 5.56 Å². The molecule has 2 aromatic heterocycles. The lowest BCUT2D eigenvalue weighted by Crippen LogP contribution is -2.25. The first-order valence-corrected chi connectivity index (χ1v) is 7.14. The molecule has 1 fully saturated rings. The molecular weight excluding hydrogens is 252 g/mol. The first kappa shape index (κ1) is 11.2. The van der Waals surface area contributed by atoms with Crippen LogP contribution in [0, 0.1) is 10.2 Å². The Morgan fingerprint density at radius 2 is 2.35 bits per heavy atom. The molecule has 0 atom stereocenters. The summed E-state index contributed by atoms with van der Waals surface area (Å²) in [6.07, 6.45) is 3.55. The highest BCUT2D eigenvalue weighted by atomic mass is 32.1. The zero-order valence-corrected chi connectivity index (χ0v) is 11.3. The highest BCUT2D eigenvalue weighted by Gasteiger charge is 2.41. The smallest absolute Gasteiger partial charge is 0.272 e. The molecule has 90 valence electrons. The number of hydrogen-bond donors (Lipinski definition) is 1. The standard InChI is InChI=1S/C12H14N2OS2/c1-2-12(4-5-12)7-14-10(15)9-8(3-6-17-9)13-11(14)16/h3,6H,2,4-5,7H2,1H3,(H,13,16). The third-order valence-electron chi connectivity index (χ3n) is 3.79. The van der Waals surface area contributed by atoms with Crippen LogP contribution in [-0.4, -0.2) is 9.55 Å². The van der Waals surface area contributed by atoms with Crippen LogP contribution in [0.2, 0.25) is 0 Å². The monoisotopic (exact) mass is 266 g/mol. The predicted octanol–water partition coefficient (Wildman–Crippen LogP) is 3.31. The second kappa shape index (κ2) is 3.78. The summed E-state index contributed by atoms with van der Waals surface area (Å²) in [7, 11) is 0. The molecule has 2 aromatic rings. The molecule has 17 heavy (non-hydrogen) atoms. The molecule has 0 unspecified atom stereocenters. The van der Waals surface area contributed by atoms with Gasteiger partial charge in [0.2, 0.25) is 0 Å². The van der Waals surface area contributed by atoms with Crippen LogP contribution < -0.4 is 5.56 Å². The molecule has 0 bridgehead atoms. The van der Waals surface area contributed by atoms with Gasteiger partial charge in [0.15, 0.2) is 4.77 Å². The highest BCUT2D eigenvalue weighted by Crippen LogP contribution is 2.49. The summed E-state index contributed by atoms with van der Waals surface area (Å²) in [5, 5.41) is 1.92. The van der Waals surface area contributed by atoms with E-state index in [9.17, 15) is 4.79 Å². The second-order valence-corrected chi connectivity index (χ2v) is 6.14. The lowest BCUT2D eigenvalue weighted by Gasteiger charge is -2.14. The van der Waals surface area contributed by atoms with Gasteiger partial charge in [-0.1, -0.05) is 6.92 Å². The van der Waals surface area contributed by atoms with Crippen LogP contribution >= 0.6 is 23.6 Å². The van der Waals surface area contributed by atoms with Gasteiger partial charge < -0.3 is 4.98 Å². The zero-order chi connectivity index (χ0) is 12.0. The largest absolute Gasteiger partial charge is 0.331 e. The predicted molar refractivity (Wildman–Crippen MR) is 73.2 cm³/mol. The SMILES string of the molecule is CCC1(Cn2c(=S)[nH]c3ccsc3c2=O)CC1. The maximum Gasteiger partial charge on any atom is 0.272 e. The van der Waals surface area contributed by atoms with Gasteiger partial charge >= 0.3 is 0 Å². The Labute approximate surface area is 108 Å². The van der Waals surface area contributed by atoms with E-state index in [4.69, 9.17) is 12.2 Å². The minimum Gasteiger partial charge on any atom is -0.331 e. The molecule has 1 saturated carbocycles. The first-order chi connectivity index (χ1) is 8.15. The van der Waals surface area contributed by atoms with Crippen LogP contribution in [0.4, 0.5) is 0 Å². The molecular formula is C12H14N2OS2. The van der Waals surface area contributed by atoms with E-state index in [0.29, 0.717) is 10.2 Å². The van der Waals surface area contributed by atoms with E-state index < -0.39 is 0 Å². The van der Waals surface area contributed by atoms with Crippen molar-refractivity contribution in [1.82, 2.24) is 9.55 Å². The van der Waals surface area contributed by atoms with E-state index in [2.05, 4.69) is 11.9 Å². The van der Waals surface area contributed by atoms with Gasteiger partial charge in [-0.15, -0.1) is 11.3 Å². The summed E-state index contributed by atoms with van der Waals surface area (Å²) in [4.78, 5) is 15.5. The van der Waals surface area contributed by atoms with Crippen molar-refractivity contribution < 1.29 is 0 Å². The molecule has 0 aromatic carbocycles. The zero-order valence-electron chi connectivity index (χ0n) is 9.66. The minimum atomic E-state index is 0.0680. The van der Waals surface area contributed by atoms with Crippen LogP contribution in [0.15, 0.2) is 16.2 Å². The summed E-state index contributed by atoms with van der Waals surface area (Å²) >= 11 is 6.77. The van der Waals surface area contributed by atoms with E-state index >= 15 is 0 Å². The molecule has 1 N–H and O–H groups in total. The Kier molecular flexibility index (Phi) is 2.48. The van der Waals surface area contributed by atoms with Crippen molar-refractivity contribution in [2.45, 2.75) is 32.7 Å². The number of thiophene rings is 1. The number of hydrogen-bond acceptors (Lipinski definition) is 3. The summed E-state index contributed by atoms with van der Waals surface area (Å²) in [5.74, 6) is 0. The third-order valence-corrected chi connectivity index (χ3v) is 5.02. The molecule has 3 rings (SSSR count). The van der Waals surface area contributed by atoms with E-state index in [1.165, 1.54) is 24.2 Å². The fourth-order valence-corrected chi connectivity index (χ4v) is 3.30. The Morgan fingerprint density at radius 3 is 3.00 bits per heavy atom. The van der Waals surface area contributed by atoms with Crippen molar-refractivity contribution in [3.05, 3.63) is 26.6 Å². The molecule has 0 aliphatic heterocycles. The second-order valence-electron chi connectivity index (χ2n) is 4.84. The molecule has 0 spiro atoms. The molecule has 2 heterocycles. The lowest BCUT2D eigenvalue weighted by atomic mass is 10.0. The summed E-state index contributed by atoms with van der Waals surface area (Å²) in [6, 6.07) is 1.91. The van der Waals surface area contributed by atoms with Gasteiger partial charge in [-0.05, 0) is 48.3 Å².